The Morgan fingerprint density at radius 1 is 0.926 bits per heavy atom. The molecule has 1 atom stereocenters. The first-order valence-corrected chi connectivity index (χ1v) is 9.37. The van der Waals surface area contributed by atoms with Gasteiger partial charge < -0.3 is 23.7 Å². The number of hydrogen-bond acceptors (Lipinski definition) is 6. The highest BCUT2D eigenvalue weighted by molar-refractivity contribution is 5.57. The van der Waals surface area contributed by atoms with Gasteiger partial charge in [-0.05, 0) is 37.5 Å². The molecule has 6 nitrogen and oxygen atoms in total. The molecule has 0 fully saturated rings. The van der Waals surface area contributed by atoms with Gasteiger partial charge in [0.05, 0.1) is 27.4 Å². The average Bonchev–Trinajstić information content (AvgIpc) is 2.67. The second-order valence-corrected chi connectivity index (χ2v) is 6.46. The van der Waals surface area contributed by atoms with Gasteiger partial charge in [0.2, 0.25) is 5.75 Å². The van der Waals surface area contributed by atoms with Crippen LogP contribution in [0.4, 0.5) is 0 Å². The van der Waals surface area contributed by atoms with E-state index >= 15 is 0 Å². The van der Waals surface area contributed by atoms with E-state index in [2.05, 4.69) is 6.07 Å². The second kappa shape index (κ2) is 9.82. The van der Waals surface area contributed by atoms with Gasteiger partial charge in [0.1, 0.15) is 5.41 Å². The molecule has 0 bridgehead atoms. The number of ether oxygens (including phenoxy) is 5. The summed E-state index contributed by atoms with van der Waals surface area (Å²) in [6, 6.07) is 6.16. The van der Waals surface area contributed by atoms with E-state index in [4.69, 9.17) is 23.7 Å². The van der Waals surface area contributed by atoms with Crippen molar-refractivity contribution in [1.82, 2.24) is 0 Å². The molecule has 0 aliphatic heterocycles. The lowest BCUT2D eigenvalue weighted by molar-refractivity contribution is -0.272. The van der Waals surface area contributed by atoms with Gasteiger partial charge in [-0.25, -0.2) is 0 Å². The second-order valence-electron chi connectivity index (χ2n) is 6.46. The van der Waals surface area contributed by atoms with Gasteiger partial charge in [-0.15, -0.1) is 0 Å². The summed E-state index contributed by atoms with van der Waals surface area (Å²) in [6.07, 6.45) is 0.511. The fraction of sp³-hybridized carbons (Fsp3) is 0.667. The molecule has 152 valence electrons. The molecule has 27 heavy (non-hydrogen) atoms. The van der Waals surface area contributed by atoms with Crippen LogP contribution in [0.5, 0.6) is 17.2 Å². The van der Waals surface area contributed by atoms with E-state index in [1.807, 2.05) is 46.8 Å². The number of methoxy groups -OCH3 is 3. The van der Waals surface area contributed by atoms with E-state index in [0.29, 0.717) is 42.4 Å². The van der Waals surface area contributed by atoms with Gasteiger partial charge in [0.25, 0.3) is 0 Å². The summed E-state index contributed by atoms with van der Waals surface area (Å²) in [5.74, 6) is 0.247. The van der Waals surface area contributed by atoms with Crippen molar-refractivity contribution < 1.29 is 23.7 Å². The Morgan fingerprint density at radius 2 is 1.41 bits per heavy atom. The highest BCUT2D eigenvalue weighted by Crippen LogP contribution is 2.50. The third-order valence-corrected chi connectivity index (χ3v) is 4.98. The van der Waals surface area contributed by atoms with Gasteiger partial charge in [0, 0.05) is 19.6 Å². The Bertz CT molecular complexity index is 621. The van der Waals surface area contributed by atoms with Crippen LogP contribution in [0.15, 0.2) is 12.1 Å². The number of hydrogen-bond donors (Lipinski definition) is 0. The summed E-state index contributed by atoms with van der Waals surface area (Å²) in [5.41, 5.74) is -0.376. The van der Waals surface area contributed by atoms with E-state index in [0.717, 1.165) is 0 Å². The van der Waals surface area contributed by atoms with Crippen molar-refractivity contribution in [3.63, 3.8) is 0 Å². The van der Waals surface area contributed by atoms with Gasteiger partial charge in [0.15, 0.2) is 17.3 Å². The highest BCUT2D eigenvalue weighted by Gasteiger charge is 2.57. The smallest absolute Gasteiger partial charge is 0.203 e. The maximum absolute atomic E-state index is 10.5. The average molecular weight is 379 g/mol. The van der Waals surface area contributed by atoms with E-state index in [1.165, 1.54) is 0 Å². The molecule has 1 aromatic rings. The molecule has 1 unspecified atom stereocenters. The molecule has 1 rings (SSSR count). The molecule has 0 saturated carbocycles. The predicted molar refractivity (Wildman–Crippen MR) is 105 cm³/mol. The van der Waals surface area contributed by atoms with Crippen LogP contribution in [0.2, 0.25) is 0 Å². The molecular formula is C21H33NO5. The standard InChI is InChI=1S/C21H33NO5/c1-9-21(26-10-2,27-11-3)20(14-22,15(4)5)16-12-17(23-6)19(25-8)18(13-16)24-7/h12-13,15H,9-11H2,1-8H3. The molecule has 1 aromatic carbocycles. The van der Waals surface area contributed by atoms with Crippen molar-refractivity contribution in [2.45, 2.75) is 52.2 Å². The molecular weight excluding hydrogens is 346 g/mol. The van der Waals surface area contributed by atoms with Gasteiger partial charge in [-0.3, -0.25) is 0 Å². The number of nitrogens with zero attached hydrogens (tertiary/aromatic N) is 1. The first kappa shape index (κ1) is 23.1. The predicted octanol–water partition coefficient (Wildman–Crippen LogP) is 4.31. The zero-order valence-electron chi connectivity index (χ0n) is 17.8. The maximum atomic E-state index is 10.5. The van der Waals surface area contributed by atoms with Crippen LogP contribution in [0.3, 0.4) is 0 Å². The zero-order chi connectivity index (χ0) is 20.7. The number of nitriles is 1. The lowest BCUT2D eigenvalue weighted by Gasteiger charge is -2.47. The van der Waals surface area contributed by atoms with Gasteiger partial charge in [-0.1, -0.05) is 20.8 Å². The Hall–Kier alpha value is -1.97. The van der Waals surface area contributed by atoms with Crippen LogP contribution in [0.25, 0.3) is 0 Å². The largest absolute Gasteiger partial charge is 0.493 e. The molecule has 0 aliphatic carbocycles. The third-order valence-electron chi connectivity index (χ3n) is 4.98. The van der Waals surface area contributed by atoms with E-state index < -0.39 is 11.2 Å². The van der Waals surface area contributed by atoms with Crippen LogP contribution >= 0.6 is 0 Å². The summed E-state index contributed by atoms with van der Waals surface area (Å²) >= 11 is 0. The molecule has 0 N–H and O–H groups in total. The van der Waals surface area contributed by atoms with E-state index in [9.17, 15) is 5.26 Å². The Morgan fingerprint density at radius 3 is 1.67 bits per heavy atom. The quantitative estimate of drug-likeness (QED) is 0.534. The zero-order valence-corrected chi connectivity index (χ0v) is 17.8. The van der Waals surface area contributed by atoms with Gasteiger partial charge >= 0.3 is 0 Å². The minimum absolute atomic E-state index is 0.108. The molecule has 0 aliphatic rings. The summed E-state index contributed by atoms with van der Waals surface area (Å²) in [4.78, 5) is 0. The van der Waals surface area contributed by atoms with Crippen molar-refractivity contribution in [2.75, 3.05) is 34.5 Å². The first-order chi connectivity index (χ1) is 12.9. The van der Waals surface area contributed by atoms with Crippen LogP contribution in [0.1, 0.15) is 46.6 Å². The Balaban J connectivity index is 3.91. The SMILES string of the molecule is CCOC(CC)(OCC)C(C#N)(c1cc(OC)c(OC)c(OC)c1)C(C)C. The van der Waals surface area contributed by atoms with Crippen LogP contribution in [-0.4, -0.2) is 40.3 Å². The van der Waals surface area contributed by atoms with Crippen molar-refractivity contribution in [2.24, 2.45) is 5.92 Å². The molecule has 0 spiro atoms. The minimum Gasteiger partial charge on any atom is -0.493 e. The summed E-state index contributed by atoms with van der Waals surface area (Å²) in [6.45, 7) is 10.6. The van der Waals surface area contributed by atoms with Crippen LogP contribution in [-0.2, 0) is 14.9 Å². The Kier molecular flexibility index (Phi) is 8.39. The maximum Gasteiger partial charge on any atom is 0.203 e. The first-order valence-electron chi connectivity index (χ1n) is 9.37. The molecule has 0 aromatic heterocycles. The third kappa shape index (κ3) is 3.85. The fourth-order valence-corrected chi connectivity index (χ4v) is 3.80. The normalized spacial score (nSPS) is 13.8. The van der Waals surface area contributed by atoms with Gasteiger partial charge in [-0.2, -0.15) is 5.26 Å². The lowest BCUT2D eigenvalue weighted by Crippen LogP contribution is -2.57. The molecule has 0 radical (unpaired) electrons. The fourth-order valence-electron chi connectivity index (χ4n) is 3.80. The number of benzene rings is 1. The van der Waals surface area contributed by atoms with E-state index in [1.54, 1.807) is 21.3 Å². The number of rotatable bonds is 11. The van der Waals surface area contributed by atoms with Crippen molar-refractivity contribution in [1.29, 1.82) is 5.26 Å². The molecule has 6 heteroatoms. The van der Waals surface area contributed by atoms with E-state index in [-0.39, 0.29) is 5.92 Å². The Labute approximate surface area is 163 Å². The molecule has 0 saturated heterocycles. The summed E-state index contributed by atoms with van der Waals surface area (Å²) in [7, 11) is 4.67. The van der Waals surface area contributed by atoms with Crippen molar-refractivity contribution in [3.05, 3.63) is 17.7 Å². The van der Waals surface area contributed by atoms with Crippen LogP contribution in [0, 0.1) is 17.2 Å². The lowest BCUT2D eigenvalue weighted by atomic mass is 9.65. The molecule has 0 amide bonds. The molecule has 0 heterocycles. The minimum atomic E-state index is -1.11. The topological polar surface area (TPSA) is 69.9 Å². The van der Waals surface area contributed by atoms with Crippen LogP contribution < -0.4 is 14.2 Å². The highest BCUT2D eigenvalue weighted by atomic mass is 16.7. The summed E-state index contributed by atoms with van der Waals surface area (Å²) < 4.78 is 28.7. The monoisotopic (exact) mass is 379 g/mol. The van der Waals surface area contributed by atoms with Crippen molar-refractivity contribution >= 4 is 0 Å². The van der Waals surface area contributed by atoms with Crippen molar-refractivity contribution in [3.8, 4) is 23.3 Å². The summed E-state index contributed by atoms with van der Waals surface area (Å²) in [5, 5.41) is 10.5.